The van der Waals surface area contributed by atoms with Gasteiger partial charge in [0.2, 0.25) is 0 Å². The second-order valence-corrected chi connectivity index (χ2v) is 5.10. The maximum atomic E-state index is 10.1. The molecule has 2 aliphatic carbocycles. The van der Waals surface area contributed by atoms with Gasteiger partial charge in [0.25, 0.3) is 0 Å². The average molecular weight is 202 g/mol. The van der Waals surface area contributed by atoms with Crippen molar-refractivity contribution in [2.75, 3.05) is 0 Å². The molecule has 0 amide bonds. The van der Waals surface area contributed by atoms with Gasteiger partial charge in [-0.3, -0.25) is 0 Å². The lowest BCUT2D eigenvalue weighted by molar-refractivity contribution is 0.0789. The Balaban J connectivity index is 1.76. The van der Waals surface area contributed by atoms with E-state index in [-0.39, 0.29) is 6.10 Å². The van der Waals surface area contributed by atoms with Gasteiger partial charge >= 0.3 is 0 Å². The van der Waals surface area contributed by atoms with Crippen molar-refractivity contribution < 1.29 is 5.11 Å². The molecular formula is C14H18O. The zero-order chi connectivity index (χ0) is 10.3. The van der Waals surface area contributed by atoms with Gasteiger partial charge in [0, 0.05) is 0 Å². The molecule has 2 unspecified atom stereocenters. The minimum absolute atomic E-state index is 0.0293. The maximum Gasteiger partial charge on any atom is 0.0599 e. The van der Waals surface area contributed by atoms with Crippen LogP contribution in [0.2, 0.25) is 0 Å². The van der Waals surface area contributed by atoms with Crippen LogP contribution in [0.1, 0.15) is 30.4 Å². The van der Waals surface area contributed by atoms with Crippen LogP contribution in [0.4, 0.5) is 0 Å². The van der Waals surface area contributed by atoms with Crippen LogP contribution in [0.3, 0.4) is 0 Å². The SMILES string of the molecule is OC(C1CC1)C1CCc2ccccc2C1. The molecule has 3 rings (SSSR count). The third-order valence-corrected chi connectivity index (χ3v) is 3.97. The number of aryl methyl sites for hydroxylation is 1. The zero-order valence-electron chi connectivity index (χ0n) is 9.02. The van der Waals surface area contributed by atoms with Gasteiger partial charge in [-0.25, -0.2) is 0 Å². The van der Waals surface area contributed by atoms with Crippen molar-refractivity contribution in [3.8, 4) is 0 Å². The Morgan fingerprint density at radius 3 is 2.47 bits per heavy atom. The quantitative estimate of drug-likeness (QED) is 0.781. The summed E-state index contributed by atoms with van der Waals surface area (Å²) >= 11 is 0. The largest absolute Gasteiger partial charge is 0.393 e. The molecule has 2 aliphatic rings. The smallest absolute Gasteiger partial charge is 0.0599 e. The van der Waals surface area contributed by atoms with Gasteiger partial charge < -0.3 is 5.11 Å². The molecule has 0 radical (unpaired) electrons. The third-order valence-electron chi connectivity index (χ3n) is 3.97. The highest BCUT2D eigenvalue weighted by molar-refractivity contribution is 5.30. The molecule has 0 saturated heterocycles. The fourth-order valence-corrected chi connectivity index (χ4v) is 2.84. The van der Waals surface area contributed by atoms with Crippen LogP contribution in [0, 0.1) is 11.8 Å². The molecule has 0 spiro atoms. The van der Waals surface area contributed by atoms with Gasteiger partial charge in [-0.05, 0) is 55.1 Å². The van der Waals surface area contributed by atoms with Crippen LogP contribution in [0.25, 0.3) is 0 Å². The van der Waals surface area contributed by atoms with Crippen molar-refractivity contribution >= 4 is 0 Å². The van der Waals surface area contributed by atoms with Crippen LogP contribution >= 0.6 is 0 Å². The summed E-state index contributed by atoms with van der Waals surface area (Å²) in [6.45, 7) is 0. The summed E-state index contributed by atoms with van der Waals surface area (Å²) in [6, 6.07) is 8.69. The normalized spacial score (nSPS) is 27.1. The Labute approximate surface area is 91.1 Å². The predicted molar refractivity (Wildman–Crippen MR) is 60.7 cm³/mol. The number of rotatable bonds is 2. The highest BCUT2D eigenvalue weighted by atomic mass is 16.3. The first kappa shape index (κ1) is 9.41. The molecule has 2 atom stereocenters. The summed E-state index contributed by atoms with van der Waals surface area (Å²) < 4.78 is 0. The standard InChI is InChI=1S/C14H18O/c15-14(11-6-7-11)13-8-5-10-3-1-2-4-12(10)9-13/h1-4,11,13-15H,5-9H2. The van der Waals surface area contributed by atoms with E-state index in [1.54, 1.807) is 0 Å². The van der Waals surface area contributed by atoms with Crippen LogP contribution in [-0.2, 0) is 12.8 Å². The summed E-state index contributed by atoms with van der Waals surface area (Å²) in [5.41, 5.74) is 2.96. The molecule has 0 heterocycles. The van der Waals surface area contributed by atoms with Crippen molar-refractivity contribution in [1.29, 1.82) is 0 Å². The monoisotopic (exact) mass is 202 g/mol. The summed E-state index contributed by atoms with van der Waals surface area (Å²) in [7, 11) is 0. The van der Waals surface area contributed by atoms with E-state index in [4.69, 9.17) is 0 Å². The van der Waals surface area contributed by atoms with Gasteiger partial charge in [-0.15, -0.1) is 0 Å². The highest BCUT2D eigenvalue weighted by Crippen LogP contribution is 2.39. The number of hydrogen-bond donors (Lipinski definition) is 1. The number of fused-ring (bicyclic) bond motifs is 1. The van der Waals surface area contributed by atoms with Gasteiger partial charge in [0.15, 0.2) is 0 Å². The van der Waals surface area contributed by atoms with E-state index in [2.05, 4.69) is 24.3 Å². The number of aliphatic hydroxyl groups excluding tert-OH is 1. The molecule has 0 bridgehead atoms. The molecule has 80 valence electrons. The zero-order valence-corrected chi connectivity index (χ0v) is 9.02. The van der Waals surface area contributed by atoms with Gasteiger partial charge in [0.05, 0.1) is 6.10 Å². The van der Waals surface area contributed by atoms with Crippen molar-refractivity contribution in [3.63, 3.8) is 0 Å². The Morgan fingerprint density at radius 1 is 1.00 bits per heavy atom. The first-order valence-electron chi connectivity index (χ1n) is 6.09. The fourth-order valence-electron chi connectivity index (χ4n) is 2.84. The summed E-state index contributed by atoms with van der Waals surface area (Å²) in [5, 5.41) is 10.1. The summed E-state index contributed by atoms with van der Waals surface area (Å²) in [6.07, 6.45) is 5.89. The molecule has 0 aliphatic heterocycles. The maximum absolute atomic E-state index is 10.1. The van der Waals surface area contributed by atoms with Gasteiger partial charge in [0.1, 0.15) is 0 Å². The van der Waals surface area contributed by atoms with E-state index in [1.165, 1.54) is 30.4 Å². The van der Waals surface area contributed by atoms with Gasteiger partial charge in [-0.1, -0.05) is 24.3 Å². The first-order chi connectivity index (χ1) is 7.34. The van der Waals surface area contributed by atoms with E-state index in [9.17, 15) is 5.11 Å². The van der Waals surface area contributed by atoms with Crippen LogP contribution in [-0.4, -0.2) is 11.2 Å². The Bertz CT molecular complexity index is 354. The number of benzene rings is 1. The number of aliphatic hydroxyl groups is 1. The molecule has 1 aromatic rings. The van der Waals surface area contributed by atoms with Crippen molar-refractivity contribution in [2.45, 2.75) is 38.2 Å². The molecule has 1 fully saturated rings. The fraction of sp³-hybridized carbons (Fsp3) is 0.571. The molecule has 1 aromatic carbocycles. The molecule has 1 N–H and O–H groups in total. The molecule has 1 heteroatoms. The first-order valence-corrected chi connectivity index (χ1v) is 6.09. The van der Waals surface area contributed by atoms with Crippen LogP contribution in [0.15, 0.2) is 24.3 Å². The molecular weight excluding hydrogens is 184 g/mol. The minimum atomic E-state index is -0.0293. The van der Waals surface area contributed by atoms with E-state index in [0.717, 1.165) is 12.8 Å². The predicted octanol–water partition coefficient (Wildman–Crippen LogP) is 2.56. The Morgan fingerprint density at radius 2 is 1.73 bits per heavy atom. The lowest BCUT2D eigenvalue weighted by Crippen LogP contribution is -2.28. The molecule has 0 aromatic heterocycles. The van der Waals surface area contributed by atoms with Gasteiger partial charge in [-0.2, -0.15) is 0 Å². The number of hydrogen-bond acceptors (Lipinski definition) is 1. The topological polar surface area (TPSA) is 20.2 Å². The lowest BCUT2D eigenvalue weighted by Gasteiger charge is -2.28. The van der Waals surface area contributed by atoms with E-state index >= 15 is 0 Å². The van der Waals surface area contributed by atoms with Crippen LogP contribution < -0.4 is 0 Å². The van der Waals surface area contributed by atoms with Crippen molar-refractivity contribution in [1.82, 2.24) is 0 Å². The Kier molecular flexibility index (Phi) is 2.28. The second kappa shape index (κ2) is 3.64. The minimum Gasteiger partial charge on any atom is -0.393 e. The lowest BCUT2D eigenvalue weighted by atomic mass is 9.80. The average Bonchev–Trinajstić information content (AvgIpc) is 3.11. The third kappa shape index (κ3) is 1.81. The van der Waals surface area contributed by atoms with Crippen LogP contribution in [0.5, 0.6) is 0 Å². The van der Waals surface area contributed by atoms with E-state index < -0.39 is 0 Å². The van der Waals surface area contributed by atoms with E-state index in [1.807, 2.05) is 0 Å². The van der Waals surface area contributed by atoms with Crippen molar-refractivity contribution in [2.24, 2.45) is 11.8 Å². The Hall–Kier alpha value is -0.820. The molecule has 15 heavy (non-hydrogen) atoms. The molecule has 1 nitrogen and oxygen atoms in total. The van der Waals surface area contributed by atoms with E-state index in [0.29, 0.717) is 11.8 Å². The van der Waals surface area contributed by atoms with Crippen molar-refractivity contribution in [3.05, 3.63) is 35.4 Å². The summed E-state index contributed by atoms with van der Waals surface area (Å²) in [4.78, 5) is 0. The molecule has 1 saturated carbocycles. The summed E-state index contributed by atoms with van der Waals surface area (Å²) in [5.74, 6) is 1.15. The second-order valence-electron chi connectivity index (χ2n) is 5.10. The highest BCUT2D eigenvalue weighted by Gasteiger charge is 2.36.